The standard InChI is InChI=1S/C26H28N2O2S/c1-4-28(5-2)26(20-13-22-9-7-6-8-10-22)23-14-16-24(17-15-23)27-31(29,30)25-18-11-21(3)12-19-25/h6-12,14-19,26-27H,4-5H2,1-3H3. The summed E-state index contributed by atoms with van der Waals surface area (Å²) in [6, 6.07) is 24.1. The first-order valence-electron chi connectivity index (χ1n) is 10.4. The summed E-state index contributed by atoms with van der Waals surface area (Å²) in [5.74, 6) is 6.66. The molecule has 0 bridgehead atoms. The van der Waals surface area contributed by atoms with Crippen molar-refractivity contribution >= 4 is 15.7 Å². The normalized spacial score (nSPS) is 12.1. The van der Waals surface area contributed by atoms with Gasteiger partial charge in [0, 0.05) is 11.3 Å². The minimum absolute atomic E-state index is 0.0713. The summed E-state index contributed by atoms with van der Waals surface area (Å²) < 4.78 is 28.0. The van der Waals surface area contributed by atoms with E-state index in [1.54, 1.807) is 36.4 Å². The maximum Gasteiger partial charge on any atom is 0.261 e. The first-order chi connectivity index (χ1) is 14.9. The summed E-state index contributed by atoms with van der Waals surface area (Å²) in [6.07, 6.45) is 0. The number of anilines is 1. The van der Waals surface area contributed by atoms with Crippen molar-refractivity contribution in [3.05, 3.63) is 95.6 Å². The van der Waals surface area contributed by atoms with Crippen LogP contribution in [-0.2, 0) is 10.0 Å². The Morgan fingerprint density at radius 1 is 0.871 bits per heavy atom. The second kappa shape index (κ2) is 10.3. The molecule has 0 aliphatic heterocycles. The van der Waals surface area contributed by atoms with E-state index in [1.807, 2.05) is 49.4 Å². The van der Waals surface area contributed by atoms with Crippen LogP contribution in [0.3, 0.4) is 0 Å². The molecule has 0 aliphatic rings. The van der Waals surface area contributed by atoms with E-state index in [-0.39, 0.29) is 10.9 Å². The minimum atomic E-state index is -3.62. The lowest BCUT2D eigenvalue weighted by Crippen LogP contribution is -2.27. The van der Waals surface area contributed by atoms with Gasteiger partial charge in [-0.15, -0.1) is 0 Å². The van der Waals surface area contributed by atoms with E-state index in [4.69, 9.17) is 0 Å². The van der Waals surface area contributed by atoms with Crippen LogP contribution >= 0.6 is 0 Å². The third-order valence-electron chi connectivity index (χ3n) is 5.11. The molecule has 0 aliphatic carbocycles. The Hall–Kier alpha value is -3.07. The molecule has 0 radical (unpaired) electrons. The van der Waals surface area contributed by atoms with Crippen LogP contribution in [0.15, 0.2) is 83.8 Å². The van der Waals surface area contributed by atoms with E-state index in [9.17, 15) is 8.42 Å². The predicted molar refractivity (Wildman–Crippen MR) is 127 cm³/mol. The average Bonchev–Trinajstić information content (AvgIpc) is 2.78. The molecule has 3 rings (SSSR count). The molecule has 0 amide bonds. The van der Waals surface area contributed by atoms with Gasteiger partial charge in [-0.25, -0.2) is 8.42 Å². The molecule has 1 N–H and O–H groups in total. The van der Waals surface area contributed by atoms with Crippen LogP contribution in [0.25, 0.3) is 0 Å². The lowest BCUT2D eigenvalue weighted by molar-refractivity contribution is 0.264. The van der Waals surface area contributed by atoms with Crippen LogP contribution in [0.1, 0.15) is 36.6 Å². The van der Waals surface area contributed by atoms with E-state index in [2.05, 4.69) is 35.3 Å². The molecule has 0 fully saturated rings. The van der Waals surface area contributed by atoms with Gasteiger partial charge in [0.05, 0.1) is 10.9 Å². The Kier molecular flexibility index (Phi) is 7.51. The van der Waals surface area contributed by atoms with E-state index in [0.29, 0.717) is 5.69 Å². The summed E-state index contributed by atoms with van der Waals surface area (Å²) in [5, 5.41) is 0. The van der Waals surface area contributed by atoms with Gasteiger partial charge in [0.25, 0.3) is 10.0 Å². The molecule has 31 heavy (non-hydrogen) atoms. The maximum absolute atomic E-state index is 12.7. The van der Waals surface area contributed by atoms with Gasteiger partial charge in [0.2, 0.25) is 0 Å². The number of nitrogens with zero attached hydrogens (tertiary/aromatic N) is 1. The smallest absolute Gasteiger partial charge is 0.261 e. The van der Waals surface area contributed by atoms with Crippen molar-refractivity contribution in [1.29, 1.82) is 0 Å². The molecule has 0 saturated carbocycles. The first-order valence-corrected chi connectivity index (χ1v) is 11.9. The quantitative estimate of drug-likeness (QED) is 0.520. The van der Waals surface area contributed by atoms with Gasteiger partial charge in [0.15, 0.2) is 0 Å². The lowest BCUT2D eigenvalue weighted by atomic mass is 10.0. The van der Waals surface area contributed by atoms with E-state index in [0.717, 1.165) is 29.8 Å². The van der Waals surface area contributed by atoms with Gasteiger partial charge < -0.3 is 0 Å². The fraction of sp³-hybridized carbons (Fsp3) is 0.231. The number of sulfonamides is 1. The highest BCUT2D eigenvalue weighted by Gasteiger charge is 2.17. The fourth-order valence-corrected chi connectivity index (χ4v) is 4.37. The molecule has 3 aromatic carbocycles. The Balaban J connectivity index is 1.84. The third-order valence-corrected chi connectivity index (χ3v) is 6.51. The molecular formula is C26H28N2O2S. The maximum atomic E-state index is 12.7. The number of benzene rings is 3. The molecule has 0 aromatic heterocycles. The van der Waals surface area contributed by atoms with Crippen molar-refractivity contribution in [3.8, 4) is 11.8 Å². The first kappa shape index (κ1) is 22.6. The molecule has 0 saturated heterocycles. The average molecular weight is 433 g/mol. The second-order valence-corrected chi connectivity index (χ2v) is 8.98. The van der Waals surface area contributed by atoms with E-state index in [1.165, 1.54) is 0 Å². The monoisotopic (exact) mass is 432 g/mol. The molecule has 160 valence electrons. The van der Waals surface area contributed by atoms with Gasteiger partial charge >= 0.3 is 0 Å². The zero-order chi connectivity index (χ0) is 22.3. The summed E-state index contributed by atoms with van der Waals surface area (Å²) in [6.45, 7) is 7.89. The largest absolute Gasteiger partial charge is 0.287 e. The summed E-state index contributed by atoms with van der Waals surface area (Å²) in [5.41, 5.74) is 3.55. The molecule has 3 aromatic rings. The van der Waals surface area contributed by atoms with Gasteiger partial charge in [-0.3, -0.25) is 9.62 Å². The highest BCUT2D eigenvalue weighted by atomic mass is 32.2. The number of hydrogen-bond donors (Lipinski definition) is 1. The summed E-state index contributed by atoms with van der Waals surface area (Å²) in [4.78, 5) is 2.53. The van der Waals surface area contributed by atoms with Crippen molar-refractivity contribution in [3.63, 3.8) is 0 Å². The highest BCUT2D eigenvalue weighted by Crippen LogP contribution is 2.23. The van der Waals surface area contributed by atoms with Gasteiger partial charge in [-0.05, 0) is 62.0 Å². The van der Waals surface area contributed by atoms with Crippen LogP contribution in [0.4, 0.5) is 5.69 Å². The fourth-order valence-electron chi connectivity index (χ4n) is 3.31. The Morgan fingerprint density at radius 2 is 1.48 bits per heavy atom. The molecule has 5 heteroatoms. The number of nitrogens with one attached hydrogen (secondary N) is 1. The number of rotatable bonds is 7. The zero-order valence-corrected chi connectivity index (χ0v) is 19.0. The van der Waals surface area contributed by atoms with Crippen molar-refractivity contribution in [1.82, 2.24) is 4.90 Å². The molecular weight excluding hydrogens is 404 g/mol. The molecule has 1 atom stereocenters. The number of hydrogen-bond acceptors (Lipinski definition) is 3. The minimum Gasteiger partial charge on any atom is -0.287 e. The lowest BCUT2D eigenvalue weighted by Gasteiger charge is -2.26. The van der Waals surface area contributed by atoms with Crippen molar-refractivity contribution in [2.45, 2.75) is 31.7 Å². The Labute approximate surface area is 186 Å². The van der Waals surface area contributed by atoms with Crippen LogP contribution in [0, 0.1) is 18.8 Å². The highest BCUT2D eigenvalue weighted by molar-refractivity contribution is 7.92. The van der Waals surface area contributed by atoms with Crippen LogP contribution in [0.5, 0.6) is 0 Å². The van der Waals surface area contributed by atoms with Crippen LogP contribution < -0.4 is 4.72 Å². The van der Waals surface area contributed by atoms with E-state index < -0.39 is 10.0 Å². The van der Waals surface area contributed by atoms with Crippen LogP contribution in [0.2, 0.25) is 0 Å². The SMILES string of the molecule is CCN(CC)C(C#Cc1ccccc1)c1ccc(NS(=O)(=O)c2ccc(C)cc2)cc1. The Bertz CT molecular complexity index is 1140. The summed E-state index contributed by atoms with van der Waals surface area (Å²) in [7, 11) is -3.62. The van der Waals surface area contributed by atoms with Crippen molar-refractivity contribution in [2.75, 3.05) is 17.8 Å². The summed E-state index contributed by atoms with van der Waals surface area (Å²) >= 11 is 0. The van der Waals surface area contributed by atoms with Crippen molar-refractivity contribution in [2.24, 2.45) is 0 Å². The van der Waals surface area contributed by atoms with Gasteiger partial charge in [-0.1, -0.05) is 73.7 Å². The van der Waals surface area contributed by atoms with Crippen LogP contribution in [-0.4, -0.2) is 26.4 Å². The van der Waals surface area contributed by atoms with Gasteiger partial charge in [0.1, 0.15) is 0 Å². The zero-order valence-electron chi connectivity index (χ0n) is 18.2. The third kappa shape index (κ3) is 5.97. The molecule has 0 heterocycles. The molecule has 0 spiro atoms. The Morgan fingerprint density at radius 3 is 2.06 bits per heavy atom. The number of aryl methyl sites for hydroxylation is 1. The molecule has 1 unspecified atom stereocenters. The van der Waals surface area contributed by atoms with Crippen molar-refractivity contribution < 1.29 is 8.42 Å². The van der Waals surface area contributed by atoms with Gasteiger partial charge in [-0.2, -0.15) is 0 Å². The topological polar surface area (TPSA) is 49.4 Å². The van der Waals surface area contributed by atoms with E-state index >= 15 is 0 Å². The second-order valence-electron chi connectivity index (χ2n) is 7.30. The predicted octanol–water partition coefficient (Wildman–Crippen LogP) is 5.23. The molecule has 4 nitrogen and oxygen atoms in total.